The number of nitro groups is 1. The number of hydrazone groups is 1. The topological polar surface area (TPSA) is 120 Å². The monoisotopic (exact) mass is 391 g/mol. The highest BCUT2D eigenvalue weighted by molar-refractivity contribution is 6.31. The Kier molecular flexibility index (Phi) is 4.46. The van der Waals surface area contributed by atoms with Crippen molar-refractivity contribution in [3.05, 3.63) is 32.8 Å². The molecule has 0 aromatic heterocycles. The van der Waals surface area contributed by atoms with E-state index in [-0.39, 0.29) is 16.1 Å². The summed E-state index contributed by atoms with van der Waals surface area (Å²) in [6.07, 6.45) is 7.96. The van der Waals surface area contributed by atoms with Crippen LogP contribution in [0.4, 0.5) is 10.5 Å². The third kappa shape index (κ3) is 3.58. The first-order valence-electron chi connectivity index (χ1n) is 9.10. The van der Waals surface area contributed by atoms with Gasteiger partial charge in [0.2, 0.25) is 0 Å². The Morgan fingerprint density at radius 1 is 1.22 bits per heavy atom. The van der Waals surface area contributed by atoms with Crippen molar-refractivity contribution in [3.8, 4) is 5.75 Å². The molecule has 9 heteroatoms. The molecule has 144 valence electrons. The molecule has 0 spiro atoms. The van der Waals surface area contributed by atoms with Crippen LogP contribution in [0.1, 0.15) is 44.1 Å². The molecule has 4 bridgehead atoms. The van der Waals surface area contributed by atoms with Crippen LogP contribution < -0.4 is 15.8 Å². The van der Waals surface area contributed by atoms with Gasteiger partial charge in [0.15, 0.2) is 0 Å². The van der Waals surface area contributed by atoms with Crippen LogP contribution in [-0.4, -0.2) is 22.7 Å². The summed E-state index contributed by atoms with van der Waals surface area (Å²) >= 11 is 5.81. The maximum Gasteiger partial charge on any atom is 0.335 e. The molecule has 2 amide bonds. The summed E-state index contributed by atoms with van der Waals surface area (Å²) in [5, 5.41) is 29.8. The number of hydrogen-bond acceptors (Lipinski definition) is 5. The summed E-state index contributed by atoms with van der Waals surface area (Å²) < 4.78 is 0. The van der Waals surface area contributed by atoms with E-state index in [4.69, 9.17) is 11.6 Å². The molecule has 1 aromatic rings. The second-order valence-electron chi connectivity index (χ2n) is 8.12. The lowest BCUT2D eigenvalue weighted by atomic mass is 9.53. The summed E-state index contributed by atoms with van der Waals surface area (Å²) in [7, 11) is 0. The SMILES string of the molecule is O=C(N/N=C\c1cc(Cl)cc([N+](=O)[O-])c1[O-])NC12CC3CC(CC(C3)C1)C2. The zero-order chi connectivity index (χ0) is 19.2. The minimum atomic E-state index is -0.795. The molecule has 4 saturated carbocycles. The Hall–Kier alpha value is -2.35. The predicted octanol–water partition coefficient (Wildman–Crippen LogP) is 2.92. The molecular weight excluding hydrogens is 372 g/mol. The minimum absolute atomic E-state index is 0.0516. The number of benzene rings is 1. The summed E-state index contributed by atoms with van der Waals surface area (Å²) in [6.45, 7) is 0. The summed E-state index contributed by atoms with van der Waals surface area (Å²) in [5.41, 5.74) is 1.55. The van der Waals surface area contributed by atoms with Crippen LogP contribution in [0.15, 0.2) is 17.2 Å². The fourth-order valence-corrected chi connectivity index (χ4v) is 5.75. The van der Waals surface area contributed by atoms with E-state index in [2.05, 4.69) is 15.8 Å². The van der Waals surface area contributed by atoms with Gasteiger partial charge in [0.05, 0.1) is 11.1 Å². The molecule has 0 unspecified atom stereocenters. The van der Waals surface area contributed by atoms with Crippen molar-refractivity contribution in [2.75, 3.05) is 0 Å². The first-order chi connectivity index (χ1) is 12.8. The Labute approximate surface area is 161 Å². The van der Waals surface area contributed by atoms with E-state index in [1.807, 2.05) is 0 Å². The lowest BCUT2D eigenvalue weighted by Gasteiger charge is -2.56. The number of urea groups is 1. The molecule has 0 atom stereocenters. The number of nitro benzene ring substituents is 1. The van der Waals surface area contributed by atoms with Gasteiger partial charge < -0.3 is 10.4 Å². The average Bonchev–Trinajstić information content (AvgIpc) is 2.55. The van der Waals surface area contributed by atoms with E-state index in [1.54, 1.807) is 0 Å². The van der Waals surface area contributed by atoms with Crippen LogP contribution in [0.25, 0.3) is 0 Å². The molecule has 0 heterocycles. The number of carbonyl (C=O) groups is 1. The van der Waals surface area contributed by atoms with Gasteiger partial charge in [0.25, 0.3) is 5.69 Å². The van der Waals surface area contributed by atoms with Gasteiger partial charge in [-0.25, -0.2) is 10.2 Å². The highest BCUT2D eigenvalue weighted by Gasteiger charge is 2.51. The van der Waals surface area contributed by atoms with Crippen molar-refractivity contribution in [1.82, 2.24) is 10.7 Å². The number of halogens is 1. The lowest BCUT2D eigenvalue weighted by molar-refractivity contribution is -0.398. The Balaban J connectivity index is 1.41. The molecule has 27 heavy (non-hydrogen) atoms. The van der Waals surface area contributed by atoms with E-state index in [0.717, 1.165) is 31.5 Å². The van der Waals surface area contributed by atoms with Gasteiger partial charge in [-0.3, -0.25) is 10.1 Å². The number of nitrogens with one attached hydrogen (secondary N) is 2. The van der Waals surface area contributed by atoms with Crippen molar-refractivity contribution in [1.29, 1.82) is 0 Å². The number of hydrogen-bond donors (Lipinski definition) is 2. The molecule has 0 aliphatic heterocycles. The summed E-state index contributed by atoms with van der Waals surface area (Å²) in [5.74, 6) is 1.32. The fraction of sp³-hybridized carbons (Fsp3) is 0.556. The Bertz CT molecular complexity index is 791. The first kappa shape index (κ1) is 18.0. The van der Waals surface area contributed by atoms with Crippen molar-refractivity contribution < 1.29 is 14.8 Å². The number of rotatable bonds is 4. The van der Waals surface area contributed by atoms with Crippen LogP contribution in [0.2, 0.25) is 5.02 Å². The molecular formula is C18H20ClN4O4-. The van der Waals surface area contributed by atoms with Crippen molar-refractivity contribution in [3.63, 3.8) is 0 Å². The van der Waals surface area contributed by atoms with E-state index in [9.17, 15) is 20.0 Å². The number of nitrogens with zero attached hydrogens (tertiary/aromatic N) is 2. The van der Waals surface area contributed by atoms with Gasteiger partial charge in [-0.2, -0.15) is 5.10 Å². The third-order valence-electron chi connectivity index (χ3n) is 6.05. The molecule has 8 nitrogen and oxygen atoms in total. The van der Waals surface area contributed by atoms with Gasteiger partial charge in [0.1, 0.15) is 0 Å². The molecule has 2 N–H and O–H groups in total. The van der Waals surface area contributed by atoms with E-state index >= 15 is 0 Å². The summed E-state index contributed by atoms with van der Waals surface area (Å²) in [4.78, 5) is 22.4. The van der Waals surface area contributed by atoms with Crippen molar-refractivity contribution in [2.45, 2.75) is 44.1 Å². The second kappa shape index (κ2) is 6.67. The average molecular weight is 392 g/mol. The number of amides is 2. The molecule has 4 aliphatic rings. The molecule has 4 fully saturated rings. The highest BCUT2D eigenvalue weighted by Crippen LogP contribution is 2.55. The molecule has 4 aliphatic carbocycles. The quantitative estimate of drug-likeness (QED) is 0.465. The van der Waals surface area contributed by atoms with Gasteiger partial charge in [-0.15, -0.1) is 0 Å². The Morgan fingerprint density at radius 3 is 2.37 bits per heavy atom. The van der Waals surface area contributed by atoms with Crippen LogP contribution >= 0.6 is 11.6 Å². The van der Waals surface area contributed by atoms with Crippen molar-refractivity contribution >= 4 is 29.5 Å². The predicted molar refractivity (Wildman–Crippen MR) is 97.7 cm³/mol. The van der Waals surface area contributed by atoms with Gasteiger partial charge >= 0.3 is 6.03 Å². The van der Waals surface area contributed by atoms with Gasteiger partial charge in [-0.05, 0) is 73.7 Å². The highest BCUT2D eigenvalue weighted by atomic mass is 35.5. The zero-order valence-corrected chi connectivity index (χ0v) is 15.4. The van der Waals surface area contributed by atoms with Crippen LogP contribution in [-0.2, 0) is 0 Å². The smallest absolute Gasteiger partial charge is 0.335 e. The zero-order valence-electron chi connectivity index (χ0n) is 14.6. The molecule has 5 rings (SSSR count). The van der Waals surface area contributed by atoms with Gasteiger partial charge in [0, 0.05) is 16.6 Å². The largest absolute Gasteiger partial charge is 0.867 e. The van der Waals surface area contributed by atoms with Crippen LogP contribution in [0.5, 0.6) is 5.75 Å². The van der Waals surface area contributed by atoms with Crippen molar-refractivity contribution in [2.24, 2.45) is 22.9 Å². The second-order valence-corrected chi connectivity index (χ2v) is 8.56. The summed E-state index contributed by atoms with van der Waals surface area (Å²) in [6, 6.07) is 1.85. The standard InChI is InChI=1S/C18H21ClN4O4/c19-14-4-13(16(24)15(5-14)23(26)27)9-20-22-17(25)21-18-6-10-1-11(7-18)3-12(2-10)8-18/h4-5,9-12,24H,1-3,6-8H2,(H2,21,22,25)/p-1/b20-9-. The van der Waals surface area contributed by atoms with Crippen LogP contribution in [0, 0.1) is 27.9 Å². The Morgan fingerprint density at radius 2 is 1.81 bits per heavy atom. The third-order valence-corrected chi connectivity index (χ3v) is 6.26. The molecule has 0 radical (unpaired) electrons. The minimum Gasteiger partial charge on any atom is -0.867 e. The first-order valence-corrected chi connectivity index (χ1v) is 9.47. The van der Waals surface area contributed by atoms with E-state index in [1.165, 1.54) is 25.3 Å². The van der Waals surface area contributed by atoms with Crippen LogP contribution in [0.3, 0.4) is 0 Å². The molecule has 1 aromatic carbocycles. The van der Waals surface area contributed by atoms with E-state index < -0.39 is 22.4 Å². The fourth-order valence-electron chi connectivity index (χ4n) is 5.52. The maximum atomic E-state index is 12.3. The molecule has 0 saturated heterocycles. The maximum absolute atomic E-state index is 12.3. The normalized spacial score (nSPS) is 31.2. The van der Waals surface area contributed by atoms with E-state index in [0.29, 0.717) is 17.8 Å². The number of carbonyl (C=O) groups excluding carboxylic acids is 1. The van der Waals surface area contributed by atoms with Gasteiger partial charge in [-0.1, -0.05) is 11.6 Å². The lowest BCUT2D eigenvalue weighted by Crippen LogP contribution is -2.61.